The van der Waals surface area contributed by atoms with Gasteiger partial charge in [0, 0.05) is 11.8 Å². The molecule has 4 rings (SSSR count). The molecule has 1 fully saturated rings. The summed E-state index contributed by atoms with van der Waals surface area (Å²) in [6.45, 7) is 0. The fourth-order valence-corrected chi connectivity index (χ4v) is 3.63. The van der Waals surface area contributed by atoms with E-state index in [9.17, 15) is 4.79 Å². The highest BCUT2D eigenvalue weighted by molar-refractivity contribution is 7.18. The second kappa shape index (κ2) is 7.61. The highest BCUT2D eigenvalue weighted by Gasteiger charge is 2.17. The van der Waals surface area contributed by atoms with Crippen molar-refractivity contribution in [3.63, 3.8) is 0 Å². The van der Waals surface area contributed by atoms with Crippen molar-refractivity contribution in [3.8, 4) is 16.5 Å². The first-order chi connectivity index (χ1) is 12.8. The fraction of sp³-hybridized carbons (Fsp3) is 0.263. The number of carbonyl (C=O) groups is 1. The van der Waals surface area contributed by atoms with Crippen LogP contribution in [0.2, 0.25) is 0 Å². The van der Waals surface area contributed by atoms with Crippen molar-refractivity contribution in [3.05, 3.63) is 54.2 Å². The molecule has 2 heterocycles. The smallest absolute Gasteiger partial charge is 0.257 e. The predicted octanol–water partition coefficient (Wildman–Crippen LogP) is 4.17. The lowest BCUT2D eigenvalue weighted by atomic mass is 10.2. The van der Waals surface area contributed by atoms with Crippen LogP contribution in [-0.2, 0) is 0 Å². The molecule has 1 aliphatic carbocycles. The molecule has 0 radical (unpaired) electrons. The maximum Gasteiger partial charge on any atom is 0.257 e. The van der Waals surface area contributed by atoms with Gasteiger partial charge in [0.05, 0.1) is 6.10 Å². The largest absolute Gasteiger partial charge is 0.490 e. The highest BCUT2D eigenvalue weighted by atomic mass is 32.1. The molecule has 1 aromatic carbocycles. The maximum absolute atomic E-state index is 12.4. The first-order valence-electron chi connectivity index (χ1n) is 8.61. The Balaban J connectivity index is 1.39. The Morgan fingerprint density at radius 3 is 2.62 bits per heavy atom. The molecule has 0 unspecified atom stereocenters. The summed E-state index contributed by atoms with van der Waals surface area (Å²) >= 11 is 1.29. The van der Waals surface area contributed by atoms with Gasteiger partial charge in [0.2, 0.25) is 5.13 Å². The van der Waals surface area contributed by atoms with Gasteiger partial charge in [-0.2, -0.15) is 0 Å². The van der Waals surface area contributed by atoms with E-state index in [1.807, 2.05) is 30.3 Å². The van der Waals surface area contributed by atoms with Gasteiger partial charge in [-0.1, -0.05) is 17.4 Å². The number of nitrogens with one attached hydrogen (secondary N) is 1. The third kappa shape index (κ3) is 3.88. The summed E-state index contributed by atoms with van der Waals surface area (Å²) in [6.07, 6.45) is 6.68. The molecule has 132 valence electrons. The Kier molecular flexibility index (Phi) is 4.88. The molecule has 0 aliphatic heterocycles. The van der Waals surface area contributed by atoms with Crippen LogP contribution in [0, 0.1) is 0 Å². The van der Waals surface area contributed by atoms with Gasteiger partial charge in [0.15, 0.2) is 5.01 Å². The van der Waals surface area contributed by atoms with Crippen LogP contribution in [0.4, 0.5) is 5.13 Å². The van der Waals surface area contributed by atoms with Gasteiger partial charge in [-0.05, 0) is 62.1 Å². The maximum atomic E-state index is 12.4. The number of carbonyl (C=O) groups excluding carboxylic acids is 1. The zero-order valence-electron chi connectivity index (χ0n) is 14.1. The first kappa shape index (κ1) is 16.7. The molecule has 7 heteroatoms. The Hall–Kier alpha value is -2.80. The van der Waals surface area contributed by atoms with Crippen molar-refractivity contribution in [2.75, 3.05) is 5.32 Å². The summed E-state index contributed by atoms with van der Waals surface area (Å²) in [7, 11) is 0. The number of amides is 1. The van der Waals surface area contributed by atoms with Crippen molar-refractivity contribution in [1.29, 1.82) is 0 Å². The summed E-state index contributed by atoms with van der Waals surface area (Å²) in [5.41, 5.74) is 1.29. The van der Waals surface area contributed by atoms with E-state index in [2.05, 4.69) is 20.5 Å². The van der Waals surface area contributed by atoms with Crippen LogP contribution in [0.1, 0.15) is 36.0 Å². The Bertz CT molecular complexity index is 874. The molecule has 1 saturated carbocycles. The molecular formula is C19H18N4O2S. The van der Waals surface area contributed by atoms with Crippen LogP contribution < -0.4 is 10.1 Å². The lowest BCUT2D eigenvalue weighted by Gasteiger charge is -2.13. The number of aromatic nitrogens is 3. The van der Waals surface area contributed by atoms with E-state index < -0.39 is 0 Å². The van der Waals surface area contributed by atoms with Crippen LogP contribution in [-0.4, -0.2) is 27.2 Å². The van der Waals surface area contributed by atoms with Crippen LogP contribution >= 0.6 is 11.3 Å². The number of anilines is 1. The first-order valence-corrected chi connectivity index (χ1v) is 9.42. The van der Waals surface area contributed by atoms with Crippen LogP contribution in [0.5, 0.6) is 5.75 Å². The van der Waals surface area contributed by atoms with Gasteiger partial charge in [0.1, 0.15) is 11.4 Å². The topological polar surface area (TPSA) is 77.0 Å². The Morgan fingerprint density at radius 1 is 1.08 bits per heavy atom. The van der Waals surface area contributed by atoms with E-state index in [0.717, 1.165) is 24.3 Å². The fourth-order valence-electron chi connectivity index (χ4n) is 2.92. The number of hydrogen-bond donors (Lipinski definition) is 1. The Morgan fingerprint density at radius 2 is 1.88 bits per heavy atom. The number of ether oxygens (including phenoxy) is 1. The van der Waals surface area contributed by atoms with Gasteiger partial charge < -0.3 is 4.74 Å². The monoisotopic (exact) mass is 366 g/mol. The van der Waals surface area contributed by atoms with Gasteiger partial charge >= 0.3 is 0 Å². The summed E-state index contributed by atoms with van der Waals surface area (Å²) in [5, 5.41) is 12.0. The molecular weight excluding hydrogens is 348 g/mol. The summed E-state index contributed by atoms with van der Waals surface area (Å²) < 4.78 is 5.92. The minimum Gasteiger partial charge on any atom is -0.490 e. The summed E-state index contributed by atoms with van der Waals surface area (Å²) in [6, 6.07) is 12.8. The molecule has 3 aromatic rings. The summed E-state index contributed by atoms with van der Waals surface area (Å²) in [5.74, 6) is 0.586. The van der Waals surface area contributed by atoms with E-state index in [4.69, 9.17) is 4.74 Å². The van der Waals surface area contributed by atoms with Gasteiger partial charge in [-0.15, -0.1) is 10.2 Å². The Labute approximate surface area is 155 Å². The molecule has 0 spiro atoms. The minimum atomic E-state index is -0.221. The van der Waals surface area contributed by atoms with Gasteiger partial charge in [0.25, 0.3) is 5.91 Å². The lowest BCUT2D eigenvalue weighted by Crippen LogP contribution is -2.13. The van der Waals surface area contributed by atoms with Crippen molar-refractivity contribution in [1.82, 2.24) is 15.2 Å². The quantitative estimate of drug-likeness (QED) is 0.733. The third-order valence-electron chi connectivity index (χ3n) is 4.25. The molecule has 2 aromatic heterocycles. The molecule has 26 heavy (non-hydrogen) atoms. The SMILES string of the molecule is O=C(Nc1nnc(-c2ccccn2)s1)c1ccc(OC2CCCC2)cc1. The molecule has 1 N–H and O–H groups in total. The van der Waals surface area contributed by atoms with Crippen molar-refractivity contribution < 1.29 is 9.53 Å². The average Bonchev–Trinajstić information content (AvgIpc) is 3.35. The zero-order valence-corrected chi connectivity index (χ0v) is 14.9. The number of benzene rings is 1. The minimum absolute atomic E-state index is 0.221. The number of pyridine rings is 1. The number of hydrogen-bond acceptors (Lipinski definition) is 6. The number of rotatable bonds is 5. The normalized spacial score (nSPS) is 14.3. The second-order valence-electron chi connectivity index (χ2n) is 6.13. The standard InChI is InChI=1S/C19H18N4O2S/c24-17(13-8-10-15(11-9-13)25-14-5-1-2-6-14)21-19-23-22-18(26-19)16-7-3-4-12-20-16/h3-4,7-12,14H,1-2,5-6H2,(H,21,23,24). The lowest BCUT2D eigenvalue weighted by molar-refractivity contribution is 0.102. The van der Waals surface area contributed by atoms with Gasteiger partial charge in [-0.25, -0.2) is 0 Å². The molecule has 0 saturated heterocycles. The summed E-state index contributed by atoms with van der Waals surface area (Å²) in [4.78, 5) is 16.6. The van der Waals surface area contributed by atoms with Gasteiger partial charge in [-0.3, -0.25) is 15.1 Å². The average molecular weight is 366 g/mol. The number of nitrogens with zero attached hydrogens (tertiary/aromatic N) is 3. The predicted molar refractivity (Wildman–Crippen MR) is 100 cm³/mol. The van der Waals surface area contributed by atoms with Crippen LogP contribution in [0.15, 0.2) is 48.7 Å². The molecule has 6 nitrogen and oxygen atoms in total. The molecule has 0 atom stereocenters. The second-order valence-corrected chi connectivity index (χ2v) is 7.11. The molecule has 1 amide bonds. The molecule has 1 aliphatic rings. The third-order valence-corrected chi connectivity index (χ3v) is 5.11. The van der Waals surface area contributed by atoms with E-state index in [0.29, 0.717) is 21.8 Å². The molecule has 0 bridgehead atoms. The van der Waals surface area contributed by atoms with E-state index in [1.165, 1.54) is 24.2 Å². The van der Waals surface area contributed by atoms with Crippen molar-refractivity contribution >= 4 is 22.4 Å². The zero-order chi connectivity index (χ0) is 17.8. The highest BCUT2D eigenvalue weighted by Crippen LogP contribution is 2.26. The van der Waals surface area contributed by atoms with Crippen LogP contribution in [0.25, 0.3) is 10.7 Å². The van der Waals surface area contributed by atoms with Crippen LogP contribution in [0.3, 0.4) is 0 Å². The van der Waals surface area contributed by atoms with E-state index >= 15 is 0 Å². The van der Waals surface area contributed by atoms with E-state index in [-0.39, 0.29) is 5.91 Å². The van der Waals surface area contributed by atoms with Crippen molar-refractivity contribution in [2.24, 2.45) is 0 Å². The van der Waals surface area contributed by atoms with E-state index in [1.54, 1.807) is 18.3 Å². The van der Waals surface area contributed by atoms with Crippen molar-refractivity contribution in [2.45, 2.75) is 31.8 Å².